The first kappa shape index (κ1) is 15.1. The van der Waals surface area contributed by atoms with E-state index in [1.165, 1.54) is 12.8 Å². The van der Waals surface area contributed by atoms with E-state index in [4.69, 9.17) is 10.5 Å². The second kappa shape index (κ2) is 6.02. The van der Waals surface area contributed by atoms with E-state index in [0.717, 1.165) is 25.1 Å². The Kier molecular flexibility index (Phi) is 4.55. The number of ether oxygens (including phenoxy) is 1. The monoisotopic (exact) mass is 278 g/mol. The summed E-state index contributed by atoms with van der Waals surface area (Å²) in [6, 6.07) is 5.45. The summed E-state index contributed by atoms with van der Waals surface area (Å²) in [6.45, 7) is 6.49. The van der Waals surface area contributed by atoms with Crippen LogP contribution in [0.15, 0.2) is 18.2 Å². The minimum atomic E-state index is -0.364. The topological polar surface area (TPSA) is 58.7 Å². The van der Waals surface area contributed by atoms with E-state index in [0.29, 0.717) is 11.7 Å². The molecule has 2 unspecified atom stereocenters. The Bertz CT molecular complexity index is 460. The van der Waals surface area contributed by atoms with Crippen molar-refractivity contribution in [2.45, 2.75) is 38.8 Å². The summed E-state index contributed by atoms with van der Waals surface area (Å²) in [5.74, 6) is 1.38. The van der Waals surface area contributed by atoms with E-state index in [-0.39, 0.29) is 11.4 Å². The van der Waals surface area contributed by atoms with Gasteiger partial charge >= 0.3 is 0 Å². The SMILES string of the molecule is COc1cc(CC(C)(N)N2CCCC(C)C2)ccc1O. The van der Waals surface area contributed by atoms with Crippen molar-refractivity contribution in [1.29, 1.82) is 0 Å². The summed E-state index contributed by atoms with van der Waals surface area (Å²) in [4.78, 5) is 2.38. The standard InChI is InChI=1S/C16H26N2O2/c1-12-5-4-8-18(11-12)16(2,17)10-13-6-7-14(19)15(9-13)20-3/h6-7,9,12,19H,4-5,8,10-11,17H2,1-3H3. The lowest BCUT2D eigenvalue weighted by Gasteiger charge is -2.43. The van der Waals surface area contributed by atoms with Crippen molar-refractivity contribution in [1.82, 2.24) is 4.90 Å². The van der Waals surface area contributed by atoms with E-state index in [2.05, 4.69) is 18.7 Å². The largest absolute Gasteiger partial charge is 0.504 e. The highest BCUT2D eigenvalue weighted by atomic mass is 16.5. The van der Waals surface area contributed by atoms with E-state index in [1.807, 2.05) is 12.1 Å². The minimum absolute atomic E-state index is 0.168. The molecule has 1 fully saturated rings. The van der Waals surface area contributed by atoms with Gasteiger partial charge in [0, 0.05) is 13.0 Å². The highest BCUT2D eigenvalue weighted by molar-refractivity contribution is 5.42. The number of hydrogen-bond donors (Lipinski definition) is 2. The number of likely N-dealkylation sites (tertiary alicyclic amines) is 1. The fraction of sp³-hybridized carbons (Fsp3) is 0.625. The van der Waals surface area contributed by atoms with Crippen LogP contribution in [0.1, 0.15) is 32.3 Å². The van der Waals surface area contributed by atoms with E-state index < -0.39 is 0 Å². The molecule has 2 atom stereocenters. The molecule has 3 N–H and O–H groups in total. The fourth-order valence-corrected chi connectivity index (χ4v) is 3.01. The average Bonchev–Trinajstić information content (AvgIpc) is 2.40. The van der Waals surface area contributed by atoms with Gasteiger partial charge < -0.3 is 15.6 Å². The summed E-state index contributed by atoms with van der Waals surface area (Å²) >= 11 is 0. The molecule has 0 saturated carbocycles. The first-order valence-corrected chi connectivity index (χ1v) is 7.32. The molecular weight excluding hydrogens is 252 g/mol. The van der Waals surface area contributed by atoms with Gasteiger partial charge in [-0.1, -0.05) is 13.0 Å². The zero-order chi connectivity index (χ0) is 14.8. The van der Waals surface area contributed by atoms with Crippen LogP contribution in [0, 0.1) is 5.92 Å². The van der Waals surface area contributed by atoms with Gasteiger partial charge in [-0.05, 0) is 49.9 Å². The van der Waals surface area contributed by atoms with Crippen LogP contribution in [-0.4, -0.2) is 35.9 Å². The molecule has 0 radical (unpaired) electrons. The van der Waals surface area contributed by atoms with Gasteiger partial charge in [-0.15, -0.1) is 0 Å². The molecule has 1 aromatic carbocycles. The van der Waals surface area contributed by atoms with Crippen molar-refractivity contribution >= 4 is 0 Å². The van der Waals surface area contributed by atoms with Gasteiger partial charge in [0.15, 0.2) is 11.5 Å². The van der Waals surface area contributed by atoms with Crippen LogP contribution in [0.3, 0.4) is 0 Å². The molecule has 0 spiro atoms. The second-order valence-electron chi connectivity index (χ2n) is 6.23. The summed E-state index contributed by atoms with van der Waals surface area (Å²) < 4.78 is 5.16. The molecule has 0 amide bonds. The van der Waals surface area contributed by atoms with Gasteiger partial charge in [0.25, 0.3) is 0 Å². The maximum absolute atomic E-state index is 9.65. The van der Waals surface area contributed by atoms with Crippen LogP contribution in [0.5, 0.6) is 11.5 Å². The molecule has 0 bridgehead atoms. The van der Waals surface area contributed by atoms with Gasteiger partial charge in [-0.2, -0.15) is 0 Å². The lowest BCUT2D eigenvalue weighted by Crippen LogP contribution is -2.58. The molecule has 20 heavy (non-hydrogen) atoms. The number of nitrogens with zero attached hydrogens (tertiary/aromatic N) is 1. The number of benzene rings is 1. The molecule has 4 heteroatoms. The van der Waals surface area contributed by atoms with Crippen LogP contribution in [0.2, 0.25) is 0 Å². The number of methoxy groups -OCH3 is 1. The minimum Gasteiger partial charge on any atom is -0.504 e. The third kappa shape index (κ3) is 3.44. The number of rotatable bonds is 4. The van der Waals surface area contributed by atoms with E-state index in [1.54, 1.807) is 13.2 Å². The Hall–Kier alpha value is -1.26. The number of hydrogen-bond acceptors (Lipinski definition) is 4. The Morgan fingerprint density at radius 2 is 2.25 bits per heavy atom. The lowest BCUT2D eigenvalue weighted by atomic mass is 9.93. The molecule has 1 heterocycles. The first-order valence-electron chi connectivity index (χ1n) is 7.32. The molecule has 0 aliphatic carbocycles. The molecule has 2 rings (SSSR count). The van der Waals surface area contributed by atoms with Gasteiger partial charge in [0.1, 0.15) is 0 Å². The van der Waals surface area contributed by atoms with Crippen molar-refractivity contribution < 1.29 is 9.84 Å². The Morgan fingerprint density at radius 3 is 2.90 bits per heavy atom. The van der Waals surface area contributed by atoms with Crippen LogP contribution in [0.25, 0.3) is 0 Å². The van der Waals surface area contributed by atoms with Gasteiger partial charge in [0.2, 0.25) is 0 Å². The zero-order valence-corrected chi connectivity index (χ0v) is 12.7. The third-order valence-corrected chi connectivity index (χ3v) is 4.19. The molecule has 1 saturated heterocycles. The molecule has 1 aromatic rings. The predicted octanol–water partition coefficient (Wildman–Crippen LogP) is 2.35. The van der Waals surface area contributed by atoms with E-state index >= 15 is 0 Å². The van der Waals surface area contributed by atoms with Crippen LogP contribution < -0.4 is 10.5 Å². The van der Waals surface area contributed by atoms with Crippen molar-refractivity contribution in [2.75, 3.05) is 20.2 Å². The first-order chi connectivity index (χ1) is 9.42. The number of phenols is 1. The predicted molar refractivity (Wildman–Crippen MR) is 80.9 cm³/mol. The quantitative estimate of drug-likeness (QED) is 0.887. The second-order valence-corrected chi connectivity index (χ2v) is 6.23. The fourth-order valence-electron chi connectivity index (χ4n) is 3.01. The van der Waals surface area contributed by atoms with Crippen molar-refractivity contribution in [2.24, 2.45) is 11.7 Å². The molecule has 4 nitrogen and oxygen atoms in total. The van der Waals surface area contributed by atoms with Gasteiger partial charge in [0.05, 0.1) is 12.8 Å². The molecule has 112 valence electrons. The summed E-state index contributed by atoms with van der Waals surface area (Å²) in [6.07, 6.45) is 3.25. The van der Waals surface area contributed by atoms with Gasteiger partial charge in [-0.25, -0.2) is 0 Å². The highest BCUT2D eigenvalue weighted by Gasteiger charge is 2.30. The van der Waals surface area contributed by atoms with Crippen molar-refractivity contribution in [3.8, 4) is 11.5 Å². The Morgan fingerprint density at radius 1 is 1.50 bits per heavy atom. The summed E-state index contributed by atoms with van der Waals surface area (Å²) in [5, 5.41) is 9.65. The zero-order valence-electron chi connectivity index (χ0n) is 12.7. The van der Waals surface area contributed by atoms with Crippen LogP contribution in [-0.2, 0) is 6.42 Å². The maximum atomic E-state index is 9.65. The number of nitrogens with two attached hydrogens (primary N) is 1. The number of piperidine rings is 1. The summed E-state index contributed by atoms with van der Waals surface area (Å²) in [7, 11) is 1.56. The van der Waals surface area contributed by atoms with E-state index in [9.17, 15) is 5.11 Å². The van der Waals surface area contributed by atoms with Crippen molar-refractivity contribution in [3.63, 3.8) is 0 Å². The highest BCUT2D eigenvalue weighted by Crippen LogP contribution is 2.29. The van der Waals surface area contributed by atoms with Crippen LogP contribution in [0.4, 0.5) is 0 Å². The Labute approximate surface area is 121 Å². The average molecular weight is 278 g/mol. The molecular formula is C16H26N2O2. The smallest absolute Gasteiger partial charge is 0.160 e. The molecule has 1 aliphatic heterocycles. The maximum Gasteiger partial charge on any atom is 0.160 e. The van der Waals surface area contributed by atoms with Gasteiger partial charge in [-0.3, -0.25) is 4.90 Å². The number of aromatic hydroxyl groups is 1. The molecule has 1 aliphatic rings. The lowest BCUT2D eigenvalue weighted by molar-refractivity contribution is 0.0627. The number of phenolic OH excluding ortho intramolecular Hbond substituents is 1. The normalized spacial score (nSPS) is 23.3. The van der Waals surface area contributed by atoms with Crippen molar-refractivity contribution in [3.05, 3.63) is 23.8 Å². The Balaban J connectivity index is 2.10. The van der Waals surface area contributed by atoms with Crippen LogP contribution >= 0.6 is 0 Å². The third-order valence-electron chi connectivity index (χ3n) is 4.19. The molecule has 0 aromatic heterocycles. The summed E-state index contributed by atoms with van der Waals surface area (Å²) in [5.41, 5.74) is 7.26.